The molecular formula is C10H12Cl2O2. The van der Waals surface area contributed by atoms with Crippen molar-refractivity contribution in [2.45, 2.75) is 11.8 Å². The second-order valence-corrected chi connectivity index (χ2v) is 3.63. The van der Waals surface area contributed by atoms with Crippen molar-refractivity contribution in [1.29, 1.82) is 0 Å². The Morgan fingerprint density at radius 2 is 1.64 bits per heavy atom. The van der Waals surface area contributed by atoms with Crippen molar-refractivity contribution in [3.63, 3.8) is 0 Å². The van der Waals surface area contributed by atoms with E-state index in [0.29, 0.717) is 5.56 Å². The highest BCUT2D eigenvalue weighted by atomic mass is 35.5. The number of aliphatic hydroxyl groups excluding tert-OH is 1. The molecule has 4 heteroatoms. The lowest BCUT2D eigenvalue weighted by atomic mass is 10.1. The zero-order chi connectivity index (χ0) is 11.1. The predicted octanol–water partition coefficient (Wildman–Crippen LogP) is 2.59. The molecule has 0 unspecified atom stereocenters. The van der Waals surface area contributed by atoms with E-state index in [9.17, 15) is 4.79 Å². The van der Waals surface area contributed by atoms with Gasteiger partial charge in [-0.2, -0.15) is 0 Å². The number of hydrogen-bond acceptors (Lipinski definition) is 2. The number of carbonyl (C=O) groups excluding carboxylic acids is 1. The molecule has 2 nitrogen and oxygen atoms in total. The maximum Gasteiger partial charge on any atom is 0.195 e. The van der Waals surface area contributed by atoms with E-state index in [1.807, 2.05) is 19.1 Å². The molecule has 0 saturated carbocycles. The zero-order valence-corrected chi connectivity index (χ0v) is 9.51. The number of ketones is 1. The van der Waals surface area contributed by atoms with E-state index in [0.717, 1.165) is 12.7 Å². The zero-order valence-electron chi connectivity index (χ0n) is 8.00. The first-order valence-electron chi connectivity index (χ1n) is 3.95. The summed E-state index contributed by atoms with van der Waals surface area (Å²) in [6.45, 7) is 1.95. The highest BCUT2D eigenvalue weighted by Gasteiger charge is 2.13. The van der Waals surface area contributed by atoms with Crippen molar-refractivity contribution in [3.05, 3.63) is 35.4 Å². The molecule has 0 spiro atoms. The third-order valence-electron chi connectivity index (χ3n) is 1.53. The number of aliphatic hydroxyl groups is 1. The molecule has 0 radical (unpaired) electrons. The first-order valence-corrected chi connectivity index (χ1v) is 4.82. The Balaban J connectivity index is 0.000000791. The predicted molar refractivity (Wildman–Crippen MR) is 59.1 cm³/mol. The number of hydrogen-bond donors (Lipinski definition) is 1. The van der Waals surface area contributed by atoms with E-state index in [1.54, 1.807) is 12.1 Å². The van der Waals surface area contributed by atoms with Gasteiger partial charge in [-0.05, 0) is 6.92 Å². The Bertz CT molecular complexity index is 281. The van der Waals surface area contributed by atoms with Crippen LogP contribution in [-0.4, -0.2) is 22.8 Å². The summed E-state index contributed by atoms with van der Waals surface area (Å²) in [7, 11) is 1.00. The maximum atomic E-state index is 11.2. The van der Waals surface area contributed by atoms with Gasteiger partial charge in [-0.3, -0.25) is 4.79 Å². The van der Waals surface area contributed by atoms with Crippen molar-refractivity contribution in [2.24, 2.45) is 0 Å². The monoisotopic (exact) mass is 234 g/mol. The van der Waals surface area contributed by atoms with Gasteiger partial charge in [-0.1, -0.05) is 53.0 Å². The van der Waals surface area contributed by atoms with Crippen molar-refractivity contribution >= 4 is 29.0 Å². The molecule has 0 heterocycles. The third kappa shape index (κ3) is 4.09. The summed E-state index contributed by atoms with van der Waals surface area (Å²) < 4.78 is 0. The molecule has 0 amide bonds. The summed E-state index contributed by atoms with van der Waals surface area (Å²) >= 11 is 10.8. The minimum Gasteiger partial charge on any atom is -0.400 e. The number of carbonyl (C=O) groups is 1. The van der Waals surface area contributed by atoms with Gasteiger partial charge < -0.3 is 5.11 Å². The molecule has 0 aliphatic rings. The van der Waals surface area contributed by atoms with Gasteiger partial charge in [0.25, 0.3) is 0 Å². The Morgan fingerprint density at radius 1 is 1.21 bits per heavy atom. The second-order valence-electron chi connectivity index (χ2n) is 2.53. The summed E-state index contributed by atoms with van der Waals surface area (Å²) in [4.78, 5) is 10.2. The summed E-state index contributed by atoms with van der Waals surface area (Å²) in [5.41, 5.74) is 1.66. The molecule has 1 rings (SSSR count). The van der Waals surface area contributed by atoms with Crippen LogP contribution in [0, 0.1) is 6.92 Å². The normalized spacial score (nSPS) is 9.29. The quantitative estimate of drug-likeness (QED) is 0.631. The molecule has 0 aromatic heterocycles. The van der Waals surface area contributed by atoms with Gasteiger partial charge in [-0.25, -0.2) is 0 Å². The van der Waals surface area contributed by atoms with Gasteiger partial charge in [-0.15, -0.1) is 0 Å². The summed E-state index contributed by atoms with van der Waals surface area (Å²) in [6.07, 6.45) is 0. The van der Waals surface area contributed by atoms with Crippen LogP contribution in [-0.2, 0) is 0 Å². The van der Waals surface area contributed by atoms with E-state index in [-0.39, 0.29) is 5.78 Å². The summed E-state index contributed by atoms with van der Waals surface area (Å²) in [5, 5.41) is 7.00. The van der Waals surface area contributed by atoms with Gasteiger partial charge in [0.05, 0.1) is 0 Å². The van der Waals surface area contributed by atoms with Gasteiger partial charge in [0.1, 0.15) is 0 Å². The first-order chi connectivity index (χ1) is 6.61. The van der Waals surface area contributed by atoms with Crippen LogP contribution in [0.2, 0.25) is 0 Å². The molecule has 1 N–H and O–H groups in total. The summed E-state index contributed by atoms with van der Waals surface area (Å²) in [6, 6.07) is 7.14. The van der Waals surface area contributed by atoms with E-state index in [4.69, 9.17) is 28.3 Å². The minimum absolute atomic E-state index is 0.252. The van der Waals surface area contributed by atoms with Gasteiger partial charge in [0.2, 0.25) is 0 Å². The highest BCUT2D eigenvalue weighted by molar-refractivity contribution is 6.55. The molecule has 14 heavy (non-hydrogen) atoms. The van der Waals surface area contributed by atoms with E-state index in [2.05, 4.69) is 0 Å². The van der Waals surface area contributed by atoms with Crippen LogP contribution in [0.25, 0.3) is 0 Å². The maximum absolute atomic E-state index is 11.2. The fourth-order valence-electron chi connectivity index (χ4n) is 0.844. The molecule has 0 atom stereocenters. The molecule has 1 aromatic carbocycles. The lowest BCUT2D eigenvalue weighted by Crippen LogP contribution is -2.07. The van der Waals surface area contributed by atoms with Gasteiger partial charge in [0, 0.05) is 12.7 Å². The van der Waals surface area contributed by atoms with Crippen LogP contribution < -0.4 is 0 Å². The number of benzene rings is 1. The minimum atomic E-state index is -0.965. The largest absolute Gasteiger partial charge is 0.400 e. The van der Waals surface area contributed by atoms with E-state index < -0.39 is 4.84 Å². The smallest absolute Gasteiger partial charge is 0.195 e. The fraction of sp³-hybridized carbons (Fsp3) is 0.300. The summed E-state index contributed by atoms with van der Waals surface area (Å²) in [5.74, 6) is -0.252. The Morgan fingerprint density at radius 3 is 2.00 bits per heavy atom. The average molecular weight is 235 g/mol. The van der Waals surface area contributed by atoms with Crippen LogP contribution in [0.4, 0.5) is 0 Å². The lowest BCUT2D eigenvalue weighted by molar-refractivity contribution is 0.101. The Kier molecular flexibility index (Phi) is 6.54. The van der Waals surface area contributed by atoms with Gasteiger partial charge >= 0.3 is 0 Å². The number of aryl methyl sites for hydroxylation is 1. The molecule has 0 aliphatic carbocycles. The van der Waals surface area contributed by atoms with Crippen molar-refractivity contribution < 1.29 is 9.90 Å². The third-order valence-corrected chi connectivity index (χ3v) is 1.93. The SMILES string of the molecule is CO.Cc1ccc(C(=O)C(Cl)Cl)cc1. The fourth-order valence-corrected chi connectivity index (χ4v) is 1.10. The van der Waals surface area contributed by atoms with E-state index in [1.165, 1.54) is 0 Å². The average Bonchev–Trinajstić information content (AvgIpc) is 2.21. The number of alkyl halides is 2. The highest BCUT2D eigenvalue weighted by Crippen LogP contribution is 2.12. The second kappa shape index (κ2) is 6.82. The topological polar surface area (TPSA) is 37.3 Å². The number of Topliss-reactive ketones (excluding diaryl/α,β-unsaturated/α-hetero) is 1. The molecule has 0 aliphatic heterocycles. The molecular weight excluding hydrogens is 223 g/mol. The van der Waals surface area contributed by atoms with Crippen molar-refractivity contribution in [1.82, 2.24) is 0 Å². The van der Waals surface area contributed by atoms with Gasteiger partial charge in [0.15, 0.2) is 10.6 Å². The van der Waals surface area contributed by atoms with Crippen LogP contribution in [0.1, 0.15) is 15.9 Å². The Labute approximate surface area is 93.5 Å². The Hall–Kier alpha value is -0.570. The standard InChI is InChI=1S/C9H8Cl2O.CH4O/c1-6-2-4-7(5-3-6)8(12)9(10)11;1-2/h2-5,9H,1H3;2H,1H3. The van der Waals surface area contributed by atoms with Crippen molar-refractivity contribution in [3.8, 4) is 0 Å². The number of rotatable bonds is 2. The number of halogens is 2. The molecule has 1 aromatic rings. The van der Waals surface area contributed by atoms with Crippen LogP contribution in [0.3, 0.4) is 0 Å². The lowest BCUT2D eigenvalue weighted by Gasteiger charge is -2.00. The van der Waals surface area contributed by atoms with Crippen LogP contribution >= 0.6 is 23.2 Å². The van der Waals surface area contributed by atoms with Crippen LogP contribution in [0.15, 0.2) is 24.3 Å². The molecule has 0 bridgehead atoms. The first kappa shape index (κ1) is 13.4. The van der Waals surface area contributed by atoms with Crippen molar-refractivity contribution in [2.75, 3.05) is 7.11 Å². The van der Waals surface area contributed by atoms with E-state index >= 15 is 0 Å². The van der Waals surface area contributed by atoms with Crippen LogP contribution in [0.5, 0.6) is 0 Å². The molecule has 78 valence electrons. The molecule has 0 saturated heterocycles. The molecule has 0 fully saturated rings.